The number of imidazole rings is 2. The van der Waals surface area contributed by atoms with Crippen LogP contribution in [0.4, 0.5) is 46.8 Å². The fourth-order valence-electron chi connectivity index (χ4n) is 7.91. The number of nitrogens with two attached hydrogens (primary N) is 2. The van der Waals surface area contributed by atoms with Crippen molar-refractivity contribution in [2.24, 2.45) is 0 Å². The van der Waals surface area contributed by atoms with Crippen LogP contribution in [0.15, 0.2) is 98.1 Å². The topological polar surface area (TPSA) is 362 Å². The minimum Gasteiger partial charge on any atom is -0.493 e. The van der Waals surface area contributed by atoms with E-state index < -0.39 is 0 Å². The minimum absolute atomic E-state index is 0.106. The van der Waals surface area contributed by atoms with Gasteiger partial charge in [-0.05, 0) is 71.2 Å². The van der Waals surface area contributed by atoms with Gasteiger partial charge in [0.25, 0.3) is 0 Å². The van der Waals surface area contributed by atoms with Gasteiger partial charge in [-0.2, -0.15) is 19.9 Å². The average molecular weight is 1300 g/mol. The lowest BCUT2D eigenvalue weighted by Gasteiger charge is -2.14. The van der Waals surface area contributed by atoms with Crippen LogP contribution in [0.5, 0.6) is 51.7 Å². The second-order valence-corrected chi connectivity index (χ2v) is 18.7. The Morgan fingerprint density at radius 2 is 0.682 bits per heavy atom. The lowest BCUT2D eigenvalue weighted by atomic mass is 10.2. The maximum atomic E-state index is 6.13. The summed E-state index contributed by atoms with van der Waals surface area (Å²) in [5.74, 6) is 6.47. The molecule has 0 saturated heterocycles. The molecule has 7 N–H and O–H groups in total. The highest BCUT2D eigenvalue weighted by Crippen LogP contribution is 2.43. The van der Waals surface area contributed by atoms with Crippen LogP contribution >= 0.6 is 58.0 Å². The summed E-state index contributed by atoms with van der Waals surface area (Å²) in [7, 11) is 13.9. The summed E-state index contributed by atoms with van der Waals surface area (Å²) in [6.45, 7) is 0. The summed E-state index contributed by atoms with van der Waals surface area (Å²) >= 11 is 28.5. The van der Waals surface area contributed by atoms with Crippen LogP contribution in [0, 0.1) is 0 Å². The molecule has 0 atom stereocenters. The molecule has 0 aliphatic carbocycles. The fourth-order valence-corrected chi connectivity index (χ4v) is 8.66. The number of rotatable bonds is 17. The molecular weight excluding hydrogens is 1250 g/mol. The van der Waals surface area contributed by atoms with Gasteiger partial charge in [0.15, 0.2) is 34.5 Å². The fraction of sp³-hybridized carbons (Fsp3) is 0.170. The molecule has 0 unspecified atom stereocenters. The molecule has 6 aromatic heterocycles. The van der Waals surface area contributed by atoms with Crippen LogP contribution < -0.4 is 70.0 Å². The molecule has 5 aromatic carbocycles. The third-order valence-electron chi connectivity index (χ3n) is 11.6. The van der Waals surface area contributed by atoms with Gasteiger partial charge in [0.05, 0.1) is 86.1 Å². The summed E-state index contributed by atoms with van der Waals surface area (Å²) < 4.78 is 51.2. The monoisotopic (exact) mass is 1300 g/mol. The minimum atomic E-state index is 0.106. The predicted molar refractivity (Wildman–Crippen MR) is 331 cm³/mol. The normalized spacial score (nSPS) is 10.5. The Labute approximate surface area is 524 Å². The quantitative estimate of drug-likeness (QED) is 0.0566. The molecular formula is C53H50Cl5N21O9. The molecule has 11 aromatic rings. The largest absolute Gasteiger partial charge is 0.493 e. The van der Waals surface area contributed by atoms with Crippen LogP contribution in [-0.2, 0) is 0 Å². The molecule has 0 fully saturated rings. The molecule has 0 radical (unpaired) electrons. The lowest BCUT2D eigenvalue weighted by molar-refractivity contribution is 0.324. The van der Waals surface area contributed by atoms with E-state index in [0.29, 0.717) is 119 Å². The van der Waals surface area contributed by atoms with Crippen molar-refractivity contribution < 1.29 is 42.6 Å². The van der Waals surface area contributed by atoms with Crippen molar-refractivity contribution in [3.63, 3.8) is 0 Å². The Bertz CT molecular complexity index is 4140. The van der Waals surface area contributed by atoms with E-state index in [1.54, 1.807) is 139 Å². The number of halogens is 5. The number of hydrogen-bond donors (Lipinski definition) is 5. The first-order chi connectivity index (χ1) is 42.5. The van der Waals surface area contributed by atoms with E-state index in [1.165, 1.54) is 32.4 Å². The maximum Gasteiger partial charge on any atom is 0.241 e. The smallest absolute Gasteiger partial charge is 0.241 e. The van der Waals surface area contributed by atoms with Crippen LogP contribution in [-0.4, -0.2) is 143 Å². The van der Waals surface area contributed by atoms with Crippen molar-refractivity contribution >= 4 is 127 Å². The number of nitrogen functional groups attached to an aromatic ring is 2. The number of methoxy groups -OCH3 is 9. The zero-order chi connectivity index (χ0) is 63.0. The van der Waals surface area contributed by atoms with Gasteiger partial charge in [0.1, 0.15) is 25.3 Å². The number of nitrogens with zero attached hydrogens (tertiary/aromatic N) is 16. The van der Waals surface area contributed by atoms with Gasteiger partial charge in [-0.15, -0.1) is 0 Å². The molecule has 456 valence electrons. The van der Waals surface area contributed by atoms with Crippen LogP contribution in [0.1, 0.15) is 0 Å². The van der Waals surface area contributed by atoms with Gasteiger partial charge in [-0.1, -0.05) is 23.2 Å². The predicted octanol–water partition coefficient (Wildman–Crippen LogP) is 9.90. The summed E-state index contributed by atoms with van der Waals surface area (Å²) in [4.78, 5) is 56.5. The maximum absolute atomic E-state index is 6.13. The Kier molecular flexibility index (Phi) is 21.5. The molecule has 0 aliphatic rings. The third kappa shape index (κ3) is 15.4. The van der Waals surface area contributed by atoms with Crippen molar-refractivity contribution in [2.45, 2.75) is 0 Å². The molecule has 0 spiro atoms. The van der Waals surface area contributed by atoms with Crippen LogP contribution in [0.3, 0.4) is 0 Å². The first kappa shape index (κ1) is 63.7. The number of nitrogens with one attached hydrogen (secondary N) is 3. The van der Waals surface area contributed by atoms with Gasteiger partial charge >= 0.3 is 0 Å². The number of ether oxygens (including phenoxy) is 9. The zero-order valence-corrected chi connectivity index (χ0v) is 51.4. The number of fused-ring (bicyclic) bond motifs is 2. The summed E-state index contributed by atoms with van der Waals surface area (Å²) in [6, 6.07) is 21.0. The van der Waals surface area contributed by atoms with Gasteiger partial charge in [0, 0.05) is 63.5 Å². The Hall–Kier alpha value is -10.3. The number of hydrogen-bond acceptors (Lipinski definition) is 28. The average Bonchev–Trinajstić information content (AvgIpc) is 3.34. The Balaban J connectivity index is 0.000000163. The molecule has 30 nitrogen and oxygen atoms in total. The Morgan fingerprint density at radius 3 is 1.06 bits per heavy atom. The van der Waals surface area contributed by atoms with Crippen LogP contribution in [0.2, 0.25) is 25.9 Å². The van der Waals surface area contributed by atoms with E-state index in [4.69, 9.17) is 112 Å². The summed E-state index contributed by atoms with van der Waals surface area (Å²) in [6.07, 6.45) is 5.32. The number of anilines is 8. The second kappa shape index (κ2) is 29.7. The van der Waals surface area contributed by atoms with Crippen molar-refractivity contribution in [1.82, 2.24) is 78.9 Å². The highest BCUT2D eigenvalue weighted by Gasteiger charge is 2.20. The summed E-state index contributed by atoms with van der Waals surface area (Å²) in [5, 5.41) is 10.7. The van der Waals surface area contributed by atoms with Crippen molar-refractivity contribution in [1.29, 1.82) is 0 Å². The molecule has 0 aliphatic heterocycles. The van der Waals surface area contributed by atoms with Gasteiger partial charge in [-0.25, -0.2) is 59.0 Å². The SMILES string of the molecule is COc1cc(Nc2ncnc(-n3c(N)nc4cc(Cl)ccc43)n2)cc(OC)c1OC.COc1cc(Nc2ncnc(-n3c(N)nc4ccc(Cl)cc43)n2)cc(OC)c1OC.COc1cc(Nc2ncnc(Cl)n2)cc(OC)c1OC.Clc1ncnc(Cl)n1. The van der Waals surface area contributed by atoms with Crippen molar-refractivity contribution in [2.75, 3.05) is 91.4 Å². The molecule has 0 saturated carbocycles. The highest BCUT2D eigenvalue weighted by atomic mass is 35.5. The molecule has 11 rings (SSSR count). The van der Waals surface area contributed by atoms with Gasteiger partial charge in [-0.3, -0.25) is 0 Å². The number of aromatic nitrogens is 16. The molecule has 6 heterocycles. The van der Waals surface area contributed by atoms with E-state index in [9.17, 15) is 0 Å². The Morgan fingerprint density at radius 1 is 0.341 bits per heavy atom. The van der Waals surface area contributed by atoms with Gasteiger partial charge < -0.3 is 70.0 Å². The van der Waals surface area contributed by atoms with E-state index in [-0.39, 0.29) is 33.7 Å². The first-order valence-corrected chi connectivity index (χ1v) is 26.7. The number of benzene rings is 5. The standard InChI is InChI=1S/2C19H18ClN7O3.C12H13ClN4O3.C3HCl2N3/c1-28-14-7-11(8-15(29-2)16(14)30-3)24-18-22-9-23-19(26-18)27-13-5-4-10(20)6-12(13)25-17(27)21;1-28-14-7-11(8-15(29-2)16(14)30-3)24-18-22-9-23-19(26-18)27-13-6-10(20)4-5-12(13)25-17(27)21;1-18-8-4-7(5-9(19-2)10(8)20-3)16-12-15-6-14-11(13)17-12;4-2-6-1-7-3(5)8-2/h2*4-9H,1-3H3,(H2,21,25)(H,22,23,24,26);4-6H,1-3H3,(H,14,15,16,17);1H. The highest BCUT2D eigenvalue weighted by molar-refractivity contribution is 6.32. The third-order valence-corrected chi connectivity index (χ3v) is 12.6. The van der Waals surface area contributed by atoms with Crippen molar-refractivity contribution in [3.05, 3.63) is 124 Å². The zero-order valence-electron chi connectivity index (χ0n) is 47.6. The van der Waals surface area contributed by atoms with E-state index in [2.05, 4.69) is 85.7 Å². The molecule has 35 heteroatoms. The van der Waals surface area contributed by atoms with E-state index in [1.807, 2.05) is 0 Å². The van der Waals surface area contributed by atoms with E-state index in [0.717, 1.165) is 5.52 Å². The van der Waals surface area contributed by atoms with Crippen molar-refractivity contribution in [3.8, 4) is 63.6 Å². The van der Waals surface area contributed by atoms with E-state index >= 15 is 0 Å². The summed E-state index contributed by atoms with van der Waals surface area (Å²) in [5.41, 5.74) is 16.8. The first-order valence-electron chi connectivity index (χ1n) is 24.9. The van der Waals surface area contributed by atoms with Crippen LogP contribution in [0.25, 0.3) is 34.0 Å². The molecule has 88 heavy (non-hydrogen) atoms. The second-order valence-electron chi connectivity index (χ2n) is 16.8. The molecule has 0 amide bonds. The molecule has 0 bridgehead atoms. The lowest BCUT2D eigenvalue weighted by Crippen LogP contribution is -2.08. The van der Waals surface area contributed by atoms with Gasteiger partial charge in [0.2, 0.25) is 74.7 Å².